The summed E-state index contributed by atoms with van der Waals surface area (Å²) < 4.78 is 24.2. The van der Waals surface area contributed by atoms with Gasteiger partial charge in [0.2, 0.25) is 0 Å². The molecular formula is C12H18ClNO2S. The van der Waals surface area contributed by atoms with Gasteiger partial charge >= 0.3 is 0 Å². The summed E-state index contributed by atoms with van der Waals surface area (Å²) in [5.74, 6) is 0.133. The zero-order chi connectivity index (χ0) is 13.2. The summed E-state index contributed by atoms with van der Waals surface area (Å²) >= 11 is 5.82. The van der Waals surface area contributed by atoms with Crippen molar-refractivity contribution in [2.45, 2.75) is 38.7 Å². The van der Waals surface area contributed by atoms with Crippen LogP contribution < -0.4 is 0 Å². The van der Waals surface area contributed by atoms with Crippen molar-refractivity contribution in [2.75, 3.05) is 0 Å². The topological polar surface area (TPSA) is 47.0 Å². The molecule has 0 fully saturated rings. The summed E-state index contributed by atoms with van der Waals surface area (Å²) in [5.41, 5.74) is 1.44. The maximum absolute atomic E-state index is 12.1. The predicted molar refractivity (Wildman–Crippen MR) is 70.9 cm³/mol. The molecule has 96 valence electrons. The zero-order valence-electron chi connectivity index (χ0n) is 10.6. The summed E-state index contributed by atoms with van der Waals surface area (Å²) in [4.78, 5) is 4.01. The zero-order valence-corrected chi connectivity index (χ0v) is 12.1. The van der Waals surface area contributed by atoms with Crippen LogP contribution in [0.4, 0.5) is 0 Å². The number of hydrogen-bond donors (Lipinski definition) is 0. The maximum atomic E-state index is 12.1. The molecule has 1 heterocycles. The third-order valence-corrected chi connectivity index (χ3v) is 5.46. The second-order valence-corrected chi connectivity index (χ2v) is 7.44. The lowest BCUT2D eigenvalue weighted by atomic mass is 10.2. The number of sulfone groups is 1. The minimum Gasteiger partial charge on any atom is -0.241 e. The number of nitrogens with zero attached hydrogens (tertiary/aromatic N) is 1. The molecule has 0 spiro atoms. The smallest absolute Gasteiger partial charge is 0.157 e. The average molecular weight is 276 g/mol. The third-order valence-electron chi connectivity index (χ3n) is 2.86. The van der Waals surface area contributed by atoms with E-state index in [0.29, 0.717) is 10.7 Å². The van der Waals surface area contributed by atoms with Crippen LogP contribution in [0, 0.1) is 12.8 Å². The van der Waals surface area contributed by atoms with Crippen LogP contribution in [0.1, 0.15) is 32.0 Å². The fraction of sp³-hybridized carbons (Fsp3) is 0.583. The molecule has 3 nitrogen and oxygen atoms in total. The van der Waals surface area contributed by atoms with Gasteiger partial charge in [0, 0.05) is 5.69 Å². The number of aryl methyl sites for hydroxylation is 1. The van der Waals surface area contributed by atoms with Crippen molar-refractivity contribution in [3.63, 3.8) is 0 Å². The Morgan fingerprint density at radius 1 is 1.29 bits per heavy atom. The molecule has 0 aromatic carbocycles. The molecule has 1 aromatic rings. The number of hydrogen-bond acceptors (Lipinski definition) is 3. The molecule has 17 heavy (non-hydrogen) atoms. The number of halogens is 1. The summed E-state index contributed by atoms with van der Waals surface area (Å²) in [6.45, 7) is 7.36. The van der Waals surface area contributed by atoms with E-state index in [1.165, 1.54) is 0 Å². The highest BCUT2D eigenvalue weighted by Gasteiger charge is 2.24. The Kier molecular flexibility index (Phi) is 4.55. The fourth-order valence-electron chi connectivity index (χ4n) is 1.56. The van der Waals surface area contributed by atoms with E-state index in [1.807, 2.05) is 13.8 Å². The Hall–Kier alpha value is -0.610. The first-order valence-electron chi connectivity index (χ1n) is 5.57. The van der Waals surface area contributed by atoms with E-state index in [1.54, 1.807) is 26.0 Å². The van der Waals surface area contributed by atoms with Gasteiger partial charge in [0.15, 0.2) is 9.84 Å². The van der Waals surface area contributed by atoms with Gasteiger partial charge in [-0.3, -0.25) is 0 Å². The molecule has 0 radical (unpaired) electrons. The Morgan fingerprint density at radius 3 is 2.35 bits per heavy atom. The Balaban J connectivity index is 2.98. The van der Waals surface area contributed by atoms with E-state index in [-0.39, 0.29) is 16.9 Å². The van der Waals surface area contributed by atoms with Crippen molar-refractivity contribution >= 4 is 21.4 Å². The lowest BCUT2D eigenvalue weighted by Gasteiger charge is -2.16. The molecule has 1 atom stereocenters. The van der Waals surface area contributed by atoms with Gasteiger partial charge in [-0.1, -0.05) is 25.4 Å². The predicted octanol–water partition coefficient (Wildman–Crippen LogP) is 3.00. The van der Waals surface area contributed by atoms with E-state index >= 15 is 0 Å². The first kappa shape index (κ1) is 14.5. The molecule has 0 amide bonds. The summed E-state index contributed by atoms with van der Waals surface area (Å²) in [5, 5.41) is -0.0119. The molecule has 0 aliphatic carbocycles. The quantitative estimate of drug-likeness (QED) is 0.794. The molecule has 0 N–H and O–H groups in total. The first-order chi connectivity index (χ1) is 7.72. The van der Waals surface area contributed by atoms with E-state index in [0.717, 1.165) is 5.69 Å². The molecule has 0 saturated carbocycles. The lowest BCUT2D eigenvalue weighted by molar-refractivity contribution is 0.545. The molecule has 0 aliphatic rings. The van der Waals surface area contributed by atoms with Crippen molar-refractivity contribution in [1.29, 1.82) is 0 Å². The molecule has 1 rings (SSSR count). The van der Waals surface area contributed by atoms with E-state index in [4.69, 9.17) is 11.6 Å². The number of pyridine rings is 1. The SMILES string of the molecule is Cc1cc(CS(=O)(=O)C(C)C(C)C)cc(Cl)n1. The number of rotatable bonds is 4. The van der Waals surface area contributed by atoms with Gasteiger partial charge in [0.1, 0.15) is 5.15 Å². The Labute approximate surface area is 108 Å². The second kappa shape index (κ2) is 5.36. The van der Waals surface area contributed by atoms with E-state index in [9.17, 15) is 8.42 Å². The Bertz CT molecular complexity index is 477. The third kappa shape index (κ3) is 3.96. The van der Waals surface area contributed by atoms with Crippen LogP contribution in [-0.4, -0.2) is 18.7 Å². The molecule has 1 unspecified atom stereocenters. The normalized spacial score (nSPS) is 14.0. The maximum Gasteiger partial charge on any atom is 0.157 e. The van der Waals surface area contributed by atoms with Gasteiger partial charge in [0.25, 0.3) is 0 Å². The molecule has 0 saturated heterocycles. The van der Waals surface area contributed by atoms with Crippen molar-refractivity contribution in [1.82, 2.24) is 4.98 Å². The van der Waals surface area contributed by atoms with Crippen LogP contribution in [0.2, 0.25) is 5.15 Å². The molecular weight excluding hydrogens is 258 g/mol. The average Bonchev–Trinajstić information content (AvgIpc) is 2.13. The van der Waals surface area contributed by atoms with Gasteiger partial charge in [-0.25, -0.2) is 13.4 Å². The second-order valence-electron chi connectivity index (χ2n) is 4.70. The van der Waals surface area contributed by atoms with Gasteiger partial charge in [-0.2, -0.15) is 0 Å². The van der Waals surface area contributed by atoms with Gasteiger partial charge in [0.05, 0.1) is 11.0 Å². The van der Waals surface area contributed by atoms with E-state index < -0.39 is 9.84 Å². The van der Waals surface area contributed by atoms with Crippen LogP contribution >= 0.6 is 11.6 Å². The standard InChI is InChI=1S/C12H18ClNO2S/c1-8(2)10(4)17(15,16)7-11-5-9(3)14-12(13)6-11/h5-6,8,10H,7H2,1-4H3. The number of aromatic nitrogens is 1. The highest BCUT2D eigenvalue weighted by molar-refractivity contribution is 7.91. The molecule has 0 bridgehead atoms. The highest BCUT2D eigenvalue weighted by Crippen LogP contribution is 2.19. The highest BCUT2D eigenvalue weighted by atomic mass is 35.5. The summed E-state index contributed by atoms with van der Waals surface area (Å²) in [7, 11) is -3.13. The van der Waals surface area contributed by atoms with Crippen molar-refractivity contribution in [3.8, 4) is 0 Å². The largest absolute Gasteiger partial charge is 0.241 e. The fourth-order valence-corrected chi connectivity index (χ4v) is 3.55. The van der Waals surface area contributed by atoms with Crippen LogP contribution in [0.15, 0.2) is 12.1 Å². The van der Waals surface area contributed by atoms with Gasteiger partial charge < -0.3 is 0 Å². The van der Waals surface area contributed by atoms with Crippen LogP contribution in [0.5, 0.6) is 0 Å². The first-order valence-corrected chi connectivity index (χ1v) is 7.66. The monoisotopic (exact) mass is 275 g/mol. The van der Waals surface area contributed by atoms with Crippen molar-refractivity contribution < 1.29 is 8.42 Å². The molecule has 5 heteroatoms. The molecule has 1 aromatic heterocycles. The lowest BCUT2D eigenvalue weighted by Crippen LogP contribution is -2.24. The minimum atomic E-state index is -3.13. The summed E-state index contributed by atoms with van der Waals surface area (Å²) in [6.07, 6.45) is 0. The van der Waals surface area contributed by atoms with Crippen molar-refractivity contribution in [3.05, 3.63) is 28.5 Å². The van der Waals surface area contributed by atoms with E-state index in [2.05, 4.69) is 4.98 Å². The van der Waals surface area contributed by atoms with Crippen LogP contribution in [-0.2, 0) is 15.6 Å². The van der Waals surface area contributed by atoms with Gasteiger partial charge in [-0.15, -0.1) is 0 Å². The van der Waals surface area contributed by atoms with Crippen LogP contribution in [0.25, 0.3) is 0 Å². The Morgan fingerprint density at radius 2 is 1.88 bits per heavy atom. The minimum absolute atomic E-state index is 0.0232. The van der Waals surface area contributed by atoms with Crippen LogP contribution in [0.3, 0.4) is 0 Å². The summed E-state index contributed by atoms with van der Waals surface area (Å²) in [6, 6.07) is 3.37. The van der Waals surface area contributed by atoms with Crippen molar-refractivity contribution in [2.24, 2.45) is 5.92 Å². The van der Waals surface area contributed by atoms with Gasteiger partial charge in [-0.05, 0) is 37.5 Å². The molecule has 0 aliphatic heterocycles.